The zero-order valence-corrected chi connectivity index (χ0v) is 14.7. The Hall–Kier alpha value is -3.08. The summed E-state index contributed by atoms with van der Waals surface area (Å²) < 4.78 is 5.39. The van der Waals surface area contributed by atoms with Crippen molar-refractivity contribution in [3.63, 3.8) is 0 Å². The van der Waals surface area contributed by atoms with Gasteiger partial charge in [0.05, 0.1) is 5.69 Å². The quantitative estimate of drug-likeness (QED) is 0.843. The number of carbonyl (C=O) groups is 2. The highest BCUT2D eigenvalue weighted by molar-refractivity contribution is 5.99. The summed E-state index contributed by atoms with van der Waals surface area (Å²) >= 11 is 0. The van der Waals surface area contributed by atoms with Gasteiger partial charge in [-0.3, -0.25) is 10.2 Å². The highest BCUT2D eigenvalue weighted by Crippen LogP contribution is 2.17. The highest BCUT2D eigenvalue weighted by Gasteiger charge is 2.25. The standard InChI is InChI=1S/C20H22N2O3/c1-5-15-11-13-16(14-12-15)18(23)21-22(17-9-7-6-8-10-17)19(24)25-20(2,3)4/h5-14H,1H2,2-4H3,(H,21,23). The lowest BCUT2D eigenvalue weighted by molar-refractivity contribution is 0.0548. The van der Waals surface area contributed by atoms with Crippen molar-refractivity contribution in [1.82, 2.24) is 5.43 Å². The molecule has 2 rings (SSSR count). The van der Waals surface area contributed by atoms with Gasteiger partial charge in [0.1, 0.15) is 5.60 Å². The molecule has 0 heterocycles. The van der Waals surface area contributed by atoms with Crippen molar-refractivity contribution in [3.8, 4) is 0 Å². The third-order valence-corrected chi connectivity index (χ3v) is 3.21. The Morgan fingerprint density at radius 1 is 1.04 bits per heavy atom. The first kappa shape index (κ1) is 18.3. The number of carbonyl (C=O) groups excluding carboxylic acids is 2. The van der Waals surface area contributed by atoms with Gasteiger partial charge >= 0.3 is 6.09 Å². The number of hydrogen-bond acceptors (Lipinski definition) is 3. The molecule has 0 aromatic heterocycles. The minimum Gasteiger partial charge on any atom is -0.442 e. The number of rotatable bonds is 3. The van der Waals surface area contributed by atoms with Crippen molar-refractivity contribution in [1.29, 1.82) is 0 Å². The van der Waals surface area contributed by atoms with Crippen LogP contribution in [0, 0.1) is 0 Å². The van der Waals surface area contributed by atoms with Crippen LogP contribution < -0.4 is 10.4 Å². The van der Waals surface area contributed by atoms with Crippen molar-refractivity contribution in [3.05, 3.63) is 72.3 Å². The molecule has 0 aliphatic carbocycles. The number of para-hydroxylation sites is 1. The summed E-state index contributed by atoms with van der Waals surface area (Å²) in [5.41, 5.74) is 3.76. The zero-order valence-electron chi connectivity index (χ0n) is 14.7. The molecule has 1 N–H and O–H groups in total. The third kappa shape index (κ3) is 5.21. The molecule has 2 aromatic carbocycles. The van der Waals surface area contributed by atoms with Crippen LogP contribution in [-0.4, -0.2) is 17.6 Å². The smallest absolute Gasteiger partial charge is 0.434 e. The van der Waals surface area contributed by atoms with E-state index in [4.69, 9.17) is 4.74 Å². The average Bonchev–Trinajstić information content (AvgIpc) is 2.58. The van der Waals surface area contributed by atoms with E-state index in [0.717, 1.165) is 10.6 Å². The number of amides is 2. The van der Waals surface area contributed by atoms with Crippen LogP contribution in [-0.2, 0) is 4.74 Å². The molecule has 0 atom stereocenters. The van der Waals surface area contributed by atoms with Gasteiger partial charge in [0.25, 0.3) is 5.91 Å². The van der Waals surface area contributed by atoms with Gasteiger partial charge in [-0.15, -0.1) is 0 Å². The molecule has 25 heavy (non-hydrogen) atoms. The Morgan fingerprint density at radius 2 is 1.64 bits per heavy atom. The molecular weight excluding hydrogens is 316 g/mol. The van der Waals surface area contributed by atoms with E-state index in [0.29, 0.717) is 11.3 Å². The number of anilines is 1. The topological polar surface area (TPSA) is 58.6 Å². The summed E-state index contributed by atoms with van der Waals surface area (Å²) in [7, 11) is 0. The molecule has 5 heteroatoms. The van der Waals surface area contributed by atoms with Gasteiger partial charge in [-0.2, -0.15) is 5.01 Å². The second-order valence-corrected chi connectivity index (χ2v) is 6.42. The van der Waals surface area contributed by atoms with Crippen LogP contribution in [0.25, 0.3) is 6.08 Å². The molecule has 0 saturated carbocycles. The zero-order chi connectivity index (χ0) is 18.4. The molecule has 130 valence electrons. The van der Waals surface area contributed by atoms with Gasteiger partial charge < -0.3 is 4.74 Å². The molecule has 0 radical (unpaired) electrons. The predicted octanol–water partition coefficient (Wildman–Crippen LogP) is 4.42. The lowest BCUT2D eigenvalue weighted by Crippen LogP contribution is -2.48. The van der Waals surface area contributed by atoms with Gasteiger partial charge in [-0.05, 0) is 50.6 Å². The number of benzene rings is 2. The number of hydrogen-bond donors (Lipinski definition) is 1. The fraction of sp³-hybridized carbons (Fsp3) is 0.200. The van der Waals surface area contributed by atoms with Crippen molar-refractivity contribution in [2.24, 2.45) is 0 Å². The highest BCUT2D eigenvalue weighted by atomic mass is 16.6. The summed E-state index contributed by atoms with van der Waals surface area (Å²) in [6.07, 6.45) is 1.04. The Labute approximate surface area is 147 Å². The van der Waals surface area contributed by atoms with E-state index in [1.54, 1.807) is 75.4 Å². The minimum atomic E-state index is -0.680. The Kier molecular flexibility index (Phi) is 5.60. The fourth-order valence-electron chi connectivity index (χ4n) is 2.04. The van der Waals surface area contributed by atoms with Gasteiger partial charge in [0, 0.05) is 5.56 Å². The third-order valence-electron chi connectivity index (χ3n) is 3.21. The van der Waals surface area contributed by atoms with Gasteiger partial charge in [0.2, 0.25) is 0 Å². The molecule has 0 aliphatic heterocycles. The SMILES string of the molecule is C=Cc1ccc(C(=O)NN(C(=O)OC(C)(C)C)c2ccccc2)cc1. The maximum atomic E-state index is 12.5. The van der Waals surface area contributed by atoms with Crippen molar-refractivity contribution in [2.45, 2.75) is 26.4 Å². The first-order valence-electron chi connectivity index (χ1n) is 7.92. The normalized spacial score (nSPS) is 10.7. The van der Waals surface area contributed by atoms with E-state index in [2.05, 4.69) is 12.0 Å². The lowest BCUT2D eigenvalue weighted by atomic mass is 10.1. The molecule has 0 saturated heterocycles. The Bertz CT molecular complexity index is 747. The van der Waals surface area contributed by atoms with Gasteiger partial charge in [0.15, 0.2) is 0 Å². The number of hydrazine groups is 1. The second kappa shape index (κ2) is 7.66. The summed E-state index contributed by atoms with van der Waals surface area (Å²) in [6.45, 7) is 8.98. The Morgan fingerprint density at radius 3 is 2.16 bits per heavy atom. The van der Waals surface area contributed by atoms with E-state index < -0.39 is 17.6 Å². The summed E-state index contributed by atoms with van der Waals surface area (Å²) in [6, 6.07) is 15.7. The predicted molar refractivity (Wildman–Crippen MR) is 99.2 cm³/mol. The summed E-state index contributed by atoms with van der Waals surface area (Å²) in [5.74, 6) is -0.412. The average molecular weight is 338 g/mol. The molecule has 0 fully saturated rings. The first-order chi connectivity index (χ1) is 11.8. The van der Waals surface area contributed by atoms with E-state index in [1.807, 2.05) is 6.07 Å². The molecule has 0 spiro atoms. The minimum absolute atomic E-state index is 0.412. The van der Waals surface area contributed by atoms with E-state index >= 15 is 0 Å². The fourth-order valence-corrected chi connectivity index (χ4v) is 2.04. The van der Waals surface area contributed by atoms with Crippen molar-refractivity contribution >= 4 is 23.8 Å². The van der Waals surface area contributed by atoms with E-state index in [1.165, 1.54) is 0 Å². The van der Waals surface area contributed by atoms with Crippen LogP contribution in [0.1, 0.15) is 36.7 Å². The molecule has 2 aromatic rings. The first-order valence-corrected chi connectivity index (χ1v) is 7.92. The molecular formula is C20H22N2O3. The molecule has 0 bridgehead atoms. The number of nitrogens with one attached hydrogen (secondary N) is 1. The van der Waals surface area contributed by atoms with Crippen LogP contribution in [0.15, 0.2) is 61.2 Å². The van der Waals surface area contributed by atoms with Crippen LogP contribution >= 0.6 is 0 Å². The maximum Gasteiger partial charge on any atom is 0.434 e. The molecule has 0 aliphatic rings. The van der Waals surface area contributed by atoms with Crippen LogP contribution in [0.2, 0.25) is 0 Å². The molecule has 2 amide bonds. The lowest BCUT2D eigenvalue weighted by Gasteiger charge is -2.27. The summed E-state index contributed by atoms with van der Waals surface area (Å²) in [4.78, 5) is 25.0. The van der Waals surface area contributed by atoms with E-state index in [9.17, 15) is 9.59 Å². The van der Waals surface area contributed by atoms with Crippen LogP contribution in [0.3, 0.4) is 0 Å². The van der Waals surface area contributed by atoms with Crippen molar-refractivity contribution in [2.75, 3.05) is 5.01 Å². The second-order valence-electron chi connectivity index (χ2n) is 6.42. The van der Waals surface area contributed by atoms with Gasteiger partial charge in [-0.1, -0.05) is 43.0 Å². The van der Waals surface area contributed by atoms with Crippen LogP contribution in [0.5, 0.6) is 0 Å². The Balaban J connectivity index is 2.24. The largest absolute Gasteiger partial charge is 0.442 e. The number of ether oxygens (including phenoxy) is 1. The van der Waals surface area contributed by atoms with Gasteiger partial charge in [-0.25, -0.2) is 4.79 Å². The molecule has 5 nitrogen and oxygen atoms in total. The van der Waals surface area contributed by atoms with E-state index in [-0.39, 0.29) is 0 Å². The van der Waals surface area contributed by atoms with Crippen molar-refractivity contribution < 1.29 is 14.3 Å². The monoisotopic (exact) mass is 338 g/mol. The number of nitrogens with zero attached hydrogens (tertiary/aromatic N) is 1. The maximum absolute atomic E-state index is 12.5. The summed E-state index contributed by atoms with van der Waals surface area (Å²) in [5, 5.41) is 1.11. The molecule has 0 unspecified atom stereocenters. The van der Waals surface area contributed by atoms with Crippen LogP contribution in [0.4, 0.5) is 10.5 Å².